The lowest BCUT2D eigenvalue weighted by molar-refractivity contribution is -0.137. The van der Waals surface area contributed by atoms with Gasteiger partial charge in [0.05, 0.1) is 11.3 Å². The SMILES string of the molecule is CN(CC(=O)O)C(=O)c1ccccc1SCC(=O)N(C)C1CCCCC1. The molecule has 2 amide bonds. The maximum atomic E-state index is 12.5. The molecule has 7 heteroatoms. The maximum absolute atomic E-state index is 12.5. The second-order valence-electron chi connectivity index (χ2n) is 6.64. The van der Waals surface area contributed by atoms with E-state index in [9.17, 15) is 14.4 Å². The third-order valence-corrected chi connectivity index (χ3v) is 5.76. The van der Waals surface area contributed by atoms with Gasteiger partial charge in [-0.15, -0.1) is 11.8 Å². The molecule has 0 atom stereocenters. The molecular formula is C19H26N2O4S. The lowest BCUT2D eigenvalue weighted by atomic mass is 9.94. The van der Waals surface area contributed by atoms with Crippen molar-refractivity contribution in [2.24, 2.45) is 0 Å². The highest BCUT2D eigenvalue weighted by molar-refractivity contribution is 8.00. The number of carboxylic acids is 1. The summed E-state index contributed by atoms with van der Waals surface area (Å²) in [4.78, 5) is 39.5. The van der Waals surface area contributed by atoms with Gasteiger partial charge in [-0.25, -0.2) is 0 Å². The molecule has 1 N–H and O–H groups in total. The van der Waals surface area contributed by atoms with Gasteiger partial charge in [-0.3, -0.25) is 14.4 Å². The predicted octanol–water partition coefficient (Wildman–Crippen LogP) is 2.73. The second-order valence-corrected chi connectivity index (χ2v) is 7.65. The first-order valence-electron chi connectivity index (χ1n) is 8.85. The van der Waals surface area contributed by atoms with Gasteiger partial charge in [0, 0.05) is 25.0 Å². The van der Waals surface area contributed by atoms with Crippen LogP contribution in [0.15, 0.2) is 29.2 Å². The molecule has 1 aliphatic rings. The van der Waals surface area contributed by atoms with Crippen LogP contribution in [-0.4, -0.2) is 65.1 Å². The van der Waals surface area contributed by atoms with Gasteiger partial charge in [0.1, 0.15) is 6.54 Å². The van der Waals surface area contributed by atoms with Crippen LogP contribution >= 0.6 is 11.8 Å². The first-order chi connectivity index (χ1) is 12.4. The number of nitrogens with zero attached hydrogens (tertiary/aromatic N) is 2. The Morgan fingerprint density at radius 3 is 2.42 bits per heavy atom. The van der Waals surface area contributed by atoms with Gasteiger partial charge < -0.3 is 14.9 Å². The number of hydrogen-bond acceptors (Lipinski definition) is 4. The van der Waals surface area contributed by atoms with Crippen LogP contribution in [-0.2, 0) is 9.59 Å². The molecule has 0 heterocycles. The summed E-state index contributed by atoms with van der Waals surface area (Å²) in [6.45, 7) is -0.360. The van der Waals surface area contributed by atoms with E-state index in [4.69, 9.17) is 5.11 Å². The Labute approximate surface area is 158 Å². The molecule has 0 unspecified atom stereocenters. The topological polar surface area (TPSA) is 77.9 Å². The van der Waals surface area contributed by atoms with Gasteiger partial charge in [0.15, 0.2) is 0 Å². The maximum Gasteiger partial charge on any atom is 0.323 e. The van der Waals surface area contributed by atoms with E-state index in [1.165, 1.54) is 38.1 Å². The van der Waals surface area contributed by atoms with E-state index in [1.807, 2.05) is 18.0 Å². The van der Waals surface area contributed by atoms with Gasteiger partial charge in [-0.05, 0) is 25.0 Å². The molecule has 6 nitrogen and oxygen atoms in total. The monoisotopic (exact) mass is 378 g/mol. The largest absolute Gasteiger partial charge is 0.480 e. The van der Waals surface area contributed by atoms with Gasteiger partial charge in [-0.1, -0.05) is 31.4 Å². The van der Waals surface area contributed by atoms with E-state index in [0.29, 0.717) is 16.5 Å². The average Bonchev–Trinajstić information content (AvgIpc) is 2.65. The van der Waals surface area contributed by atoms with Gasteiger partial charge in [0.2, 0.25) is 5.91 Å². The van der Waals surface area contributed by atoms with Crippen LogP contribution in [0.5, 0.6) is 0 Å². The van der Waals surface area contributed by atoms with E-state index < -0.39 is 5.97 Å². The quantitative estimate of drug-likeness (QED) is 0.738. The summed E-state index contributed by atoms with van der Waals surface area (Å²) in [5.74, 6) is -1.10. The third-order valence-electron chi connectivity index (χ3n) is 4.70. The number of carboxylic acid groups (broad SMARTS) is 1. The molecule has 142 valence electrons. The minimum absolute atomic E-state index is 0.0584. The lowest BCUT2D eigenvalue weighted by Gasteiger charge is -2.31. The zero-order chi connectivity index (χ0) is 19.1. The van der Waals surface area contributed by atoms with E-state index in [-0.39, 0.29) is 24.1 Å². The molecule has 0 spiro atoms. The Morgan fingerprint density at radius 2 is 1.77 bits per heavy atom. The average molecular weight is 378 g/mol. The number of likely N-dealkylation sites (N-methyl/N-ethyl adjacent to an activating group) is 1. The van der Waals surface area contributed by atoms with Crippen molar-refractivity contribution < 1.29 is 19.5 Å². The minimum atomic E-state index is -1.06. The number of carbonyl (C=O) groups excluding carboxylic acids is 2. The van der Waals surface area contributed by atoms with Crippen molar-refractivity contribution in [3.05, 3.63) is 29.8 Å². The normalized spacial score (nSPS) is 14.7. The minimum Gasteiger partial charge on any atom is -0.480 e. The van der Waals surface area contributed by atoms with E-state index in [1.54, 1.807) is 18.2 Å². The number of benzene rings is 1. The van der Waals surface area contributed by atoms with Crippen LogP contribution in [0.4, 0.5) is 0 Å². The standard InChI is InChI=1S/C19H26N2O4S/c1-20(12-18(23)24)19(25)15-10-6-7-11-16(15)26-13-17(22)21(2)14-8-4-3-5-9-14/h6-7,10-11,14H,3-5,8-9,12-13H2,1-2H3,(H,23,24). The first kappa shape index (κ1) is 20.3. The van der Waals surface area contributed by atoms with Crippen molar-refractivity contribution in [1.82, 2.24) is 9.80 Å². The molecule has 0 aromatic heterocycles. The Hall–Kier alpha value is -2.02. The summed E-state index contributed by atoms with van der Waals surface area (Å²) in [5.41, 5.74) is 0.425. The molecule has 1 fully saturated rings. The molecule has 1 aromatic carbocycles. The summed E-state index contributed by atoms with van der Waals surface area (Å²) in [6, 6.07) is 7.32. The van der Waals surface area contributed by atoms with E-state index in [0.717, 1.165) is 17.7 Å². The smallest absolute Gasteiger partial charge is 0.323 e. The fraction of sp³-hybridized carbons (Fsp3) is 0.526. The van der Waals surface area contributed by atoms with Crippen LogP contribution < -0.4 is 0 Å². The zero-order valence-electron chi connectivity index (χ0n) is 15.3. The molecule has 1 aromatic rings. The number of carbonyl (C=O) groups is 3. The molecule has 0 radical (unpaired) electrons. The van der Waals surface area contributed by atoms with Crippen molar-refractivity contribution in [2.75, 3.05) is 26.4 Å². The zero-order valence-corrected chi connectivity index (χ0v) is 16.1. The fourth-order valence-corrected chi connectivity index (χ4v) is 4.13. The second kappa shape index (κ2) is 9.62. The van der Waals surface area contributed by atoms with Crippen molar-refractivity contribution >= 4 is 29.5 Å². The van der Waals surface area contributed by atoms with Crippen LogP contribution in [0.25, 0.3) is 0 Å². The van der Waals surface area contributed by atoms with Crippen molar-refractivity contribution in [2.45, 2.75) is 43.0 Å². The number of rotatable bonds is 7. The summed E-state index contributed by atoms with van der Waals surface area (Å²) < 4.78 is 0. The Morgan fingerprint density at radius 1 is 1.12 bits per heavy atom. The lowest BCUT2D eigenvalue weighted by Crippen LogP contribution is -2.39. The summed E-state index contributed by atoms with van der Waals surface area (Å²) >= 11 is 1.33. The summed E-state index contributed by atoms with van der Waals surface area (Å²) in [5, 5.41) is 8.86. The van der Waals surface area contributed by atoms with Crippen molar-refractivity contribution in [3.8, 4) is 0 Å². The molecule has 0 bridgehead atoms. The molecule has 0 aliphatic heterocycles. The highest BCUT2D eigenvalue weighted by Gasteiger charge is 2.23. The Bertz CT molecular complexity index is 659. The van der Waals surface area contributed by atoms with Gasteiger partial charge >= 0.3 is 5.97 Å². The summed E-state index contributed by atoms with van der Waals surface area (Å²) in [7, 11) is 3.32. The van der Waals surface area contributed by atoms with Crippen LogP contribution in [0.2, 0.25) is 0 Å². The molecule has 2 rings (SSSR count). The molecule has 26 heavy (non-hydrogen) atoms. The Balaban J connectivity index is 2.00. The third kappa shape index (κ3) is 5.49. The van der Waals surface area contributed by atoms with E-state index >= 15 is 0 Å². The molecular weight excluding hydrogens is 352 g/mol. The van der Waals surface area contributed by atoms with Gasteiger partial charge in [-0.2, -0.15) is 0 Å². The number of hydrogen-bond donors (Lipinski definition) is 1. The van der Waals surface area contributed by atoms with E-state index in [2.05, 4.69) is 0 Å². The number of aliphatic carboxylic acids is 1. The van der Waals surface area contributed by atoms with Crippen LogP contribution in [0.1, 0.15) is 42.5 Å². The highest BCUT2D eigenvalue weighted by Crippen LogP contribution is 2.26. The summed E-state index contributed by atoms with van der Waals surface area (Å²) in [6.07, 6.45) is 5.70. The Kier molecular flexibility index (Phi) is 7.50. The predicted molar refractivity (Wildman–Crippen MR) is 101 cm³/mol. The molecule has 1 aliphatic carbocycles. The highest BCUT2D eigenvalue weighted by atomic mass is 32.2. The fourth-order valence-electron chi connectivity index (χ4n) is 3.16. The molecule has 1 saturated carbocycles. The van der Waals surface area contributed by atoms with Crippen LogP contribution in [0, 0.1) is 0 Å². The van der Waals surface area contributed by atoms with Crippen molar-refractivity contribution in [1.29, 1.82) is 0 Å². The number of amides is 2. The van der Waals surface area contributed by atoms with Crippen molar-refractivity contribution in [3.63, 3.8) is 0 Å². The molecule has 0 saturated heterocycles. The number of thioether (sulfide) groups is 1. The first-order valence-corrected chi connectivity index (χ1v) is 9.83. The van der Waals surface area contributed by atoms with Crippen LogP contribution in [0.3, 0.4) is 0 Å². The van der Waals surface area contributed by atoms with Gasteiger partial charge in [0.25, 0.3) is 5.91 Å².